The van der Waals surface area contributed by atoms with Crippen LogP contribution in [0.5, 0.6) is 0 Å². The van der Waals surface area contributed by atoms with Gasteiger partial charge in [-0.1, -0.05) is 40.5 Å². The molecule has 0 saturated heterocycles. The molecule has 0 aromatic carbocycles. The highest BCUT2D eigenvalue weighted by Gasteiger charge is 2.40. The zero-order chi connectivity index (χ0) is 14.6. The summed E-state index contributed by atoms with van der Waals surface area (Å²) in [6.07, 6.45) is 8.04. The van der Waals surface area contributed by atoms with Crippen LogP contribution in [0.15, 0.2) is 10.8 Å². The van der Waals surface area contributed by atoms with Crippen molar-refractivity contribution in [3.05, 3.63) is 17.8 Å². The molecule has 1 aromatic heterocycles. The van der Waals surface area contributed by atoms with Gasteiger partial charge in [-0.05, 0) is 37.6 Å². The monoisotopic (exact) mass is 278 g/mol. The molecule has 0 unspecified atom stereocenters. The van der Waals surface area contributed by atoms with Crippen LogP contribution in [-0.2, 0) is 12.0 Å². The number of rotatable bonds is 7. The molecule has 1 aromatic rings. The van der Waals surface area contributed by atoms with Gasteiger partial charge < -0.3 is 9.73 Å². The van der Waals surface area contributed by atoms with Crippen LogP contribution in [0.2, 0.25) is 0 Å². The van der Waals surface area contributed by atoms with E-state index >= 15 is 0 Å². The van der Waals surface area contributed by atoms with Gasteiger partial charge in [0.1, 0.15) is 5.76 Å². The maximum Gasteiger partial charge on any atom is 0.181 e. The summed E-state index contributed by atoms with van der Waals surface area (Å²) in [5.74, 6) is 2.54. The van der Waals surface area contributed by atoms with Gasteiger partial charge in [-0.25, -0.2) is 4.98 Å². The molecule has 0 amide bonds. The topological polar surface area (TPSA) is 38.1 Å². The van der Waals surface area contributed by atoms with Crippen LogP contribution in [0.1, 0.15) is 71.3 Å². The number of hydrogen-bond acceptors (Lipinski definition) is 3. The average molecular weight is 278 g/mol. The maximum atomic E-state index is 5.86. The summed E-state index contributed by atoms with van der Waals surface area (Å²) >= 11 is 0. The van der Waals surface area contributed by atoms with Crippen LogP contribution in [0.25, 0.3) is 0 Å². The van der Waals surface area contributed by atoms with E-state index < -0.39 is 0 Å². The van der Waals surface area contributed by atoms with Gasteiger partial charge in [-0.2, -0.15) is 0 Å². The van der Waals surface area contributed by atoms with Crippen LogP contribution < -0.4 is 5.32 Å². The molecule has 1 aliphatic rings. The van der Waals surface area contributed by atoms with E-state index in [0.29, 0.717) is 11.8 Å². The molecule has 1 heterocycles. The van der Waals surface area contributed by atoms with Crippen molar-refractivity contribution >= 4 is 0 Å². The second-order valence-electron chi connectivity index (χ2n) is 7.24. The Morgan fingerprint density at radius 2 is 1.90 bits per heavy atom. The molecule has 0 aliphatic heterocycles. The predicted molar refractivity (Wildman–Crippen MR) is 82.6 cm³/mol. The first kappa shape index (κ1) is 15.6. The normalized spacial score (nSPS) is 18.3. The third kappa shape index (κ3) is 3.63. The Hall–Kier alpha value is -0.830. The zero-order valence-corrected chi connectivity index (χ0v) is 13.5. The Balaban J connectivity index is 2.11. The Morgan fingerprint density at radius 3 is 2.50 bits per heavy atom. The van der Waals surface area contributed by atoms with Gasteiger partial charge >= 0.3 is 0 Å². The van der Waals surface area contributed by atoms with E-state index in [1.807, 2.05) is 0 Å². The molecule has 114 valence electrons. The Kier molecular flexibility index (Phi) is 5.25. The first-order valence-electron chi connectivity index (χ1n) is 8.17. The standard InChI is InChI=1S/C17H30N2O/c1-13(2)9-17(7-5-6-8-17)16-15(19-12-20-16)11-18-10-14(3)4/h12-14,18H,5-11H2,1-4H3. The third-order valence-corrected chi connectivity index (χ3v) is 4.33. The van der Waals surface area contributed by atoms with Crippen molar-refractivity contribution < 1.29 is 4.42 Å². The summed E-state index contributed by atoms with van der Waals surface area (Å²) in [5, 5.41) is 3.50. The van der Waals surface area contributed by atoms with Gasteiger partial charge in [0.05, 0.1) is 5.69 Å². The lowest BCUT2D eigenvalue weighted by Gasteiger charge is -2.29. The van der Waals surface area contributed by atoms with Gasteiger partial charge in [0.2, 0.25) is 0 Å². The number of hydrogen-bond donors (Lipinski definition) is 1. The van der Waals surface area contributed by atoms with E-state index in [1.54, 1.807) is 6.39 Å². The molecule has 1 saturated carbocycles. The van der Waals surface area contributed by atoms with Crippen LogP contribution in [0.4, 0.5) is 0 Å². The van der Waals surface area contributed by atoms with Gasteiger partial charge in [0.15, 0.2) is 6.39 Å². The largest absolute Gasteiger partial charge is 0.448 e. The van der Waals surface area contributed by atoms with Crippen LogP contribution in [-0.4, -0.2) is 11.5 Å². The Morgan fingerprint density at radius 1 is 1.20 bits per heavy atom. The SMILES string of the molecule is CC(C)CNCc1ncoc1C1(CC(C)C)CCCC1. The molecule has 20 heavy (non-hydrogen) atoms. The Bertz CT molecular complexity index is 403. The molecule has 2 rings (SSSR count). The molecule has 1 fully saturated rings. The summed E-state index contributed by atoms with van der Waals surface area (Å²) in [5.41, 5.74) is 1.38. The highest BCUT2D eigenvalue weighted by Crippen LogP contribution is 2.46. The van der Waals surface area contributed by atoms with Crippen molar-refractivity contribution in [3.8, 4) is 0 Å². The first-order valence-corrected chi connectivity index (χ1v) is 8.17. The summed E-state index contributed by atoms with van der Waals surface area (Å²) in [6.45, 7) is 11.0. The number of aromatic nitrogens is 1. The molecule has 3 heteroatoms. The fourth-order valence-electron chi connectivity index (χ4n) is 3.66. The van der Waals surface area contributed by atoms with Gasteiger partial charge in [0, 0.05) is 12.0 Å². The summed E-state index contributed by atoms with van der Waals surface area (Å²) in [7, 11) is 0. The van der Waals surface area contributed by atoms with E-state index in [-0.39, 0.29) is 5.41 Å². The van der Waals surface area contributed by atoms with Crippen molar-refractivity contribution in [2.24, 2.45) is 11.8 Å². The fraction of sp³-hybridized carbons (Fsp3) is 0.824. The van der Waals surface area contributed by atoms with Crippen molar-refractivity contribution in [2.75, 3.05) is 6.54 Å². The van der Waals surface area contributed by atoms with Crippen LogP contribution in [0, 0.1) is 11.8 Å². The highest BCUT2D eigenvalue weighted by molar-refractivity contribution is 5.21. The average Bonchev–Trinajstić information content (AvgIpc) is 2.97. The van der Waals surface area contributed by atoms with Crippen molar-refractivity contribution in [1.29, 1.82) is 0 Å². The summed E-state index contributed by atoms with van der Waals surface area (Å²) < 4.78 is 5.86. The molecule has 0 spiro atoms. The van der Waals surface area contributed by atoms with Crippen LogP contribution >= 0.6 is 0 Å². The molecule has 3 nitrogen and oxygen atoms in total. The smallest absolute Gasteiger partial charge is 0.181 e. The van der Waals surface area contributed by atoms with Crippen LogP contribution in [0.3, 0.4) is 0 Å². The molecule has 1 aliphatic carbocycles. The summed E-state index contributed by atoms with van der Waals surface area (Å²) in [4.78, 5) is 4.48. The second-order valence-corrected chi connectivity index (χ2v) is 7.24. The van der Waals surface area contributed by atoms with Crippen molar-refractivity contribution in [3.63, 3.8) is 0 Å². The second kappa shape index (κ2) is 6.75. The first-order chi connectivity index (χ1) is 9.53. The minimum absolute atomic E-state index is 0.250. The number of nitrogens with zero attached hydrogens (tertiary/aromatic N) is 1. The third-order valence-electron chi connectivity index (χ3n) is 4.33. The predicted octanol–water partition coefficient (Wildman–Crippen LogP) is 4.28. The quantitative estimate of drug-likeness (QED) is 0.809. The molecule has 0 radical (unpaired) electrons. The molecule has 0 atom stereocenters. The summed E-state index contributed by atoms with van der Waals surface area (Å²) in [6, 6.07) is 0. The highest BCUT2D eigenvalue weighted by atomic mass is 16.3. The molecular weight excluding hydrogens is 248 g/mol. The van der Waals surface area contributed by atoms with Gasteiger partial charge in [-0.3, -0.25) is 0 Å². The minimum Gasteiger partial charge on any atom is -0.448 e. The zero-order valence-electron chi connectivity index (χ0n) is 13.5. The minimum atomic E-state index is 0.250. The fourth-order valence-corrected chi connectivity index (χ4v) is 3.66. The lowest BCUT2D eigenvalue weighted by molar-refractivity contribution is 0.281. The maximum absolute atomic E-state index is 5.86. The van der Waals surface area contributed by atoms with Gasteiger partial charge in [-0.15, -0.1) is 0 Å². The number of nitrogens with one attached hydrogen (secondary N) is 1. The lowest BCUT2D eigenvalue weighted by atomic mass is 9.76. The van der Waals surface area contributed by atoms with E-state index in [2.05, 4.69) is 38.0 Å². The van der Waals surface area contributed by atoms with Gasteiger partial charge in [0.25, 0.3) is 0 Å². The molecule has 0 bridgehead atoms. The lowest BCUT2D eigenvalue weighted by Crippen LogP contribution is -2.27. The number of oxazole rings is 1. The van der Waals surface area contributed by atoms with Crippen molar-refractivity contribution in [1.82, 2.24) is 10.3 Å². The molecular formula is C17H30N2O. The van der Waals surface area contributed by atoms with E-state index in [1.165, 1.54) is 37.9 Å². The van der Waals surface area contributed by atoms with E-state index in [4.69, 9.17) is 4.42 Å². The molecule has 1 N–H and O–H groups in total. The Labute approximate surface area is 123 Å². The van der Waals surface area contributed by atoms with Crippen molar-refractivity contribution in [2.45, 2.75) is 71.8 Å². The van der Waals surface area contributed by atoms with E-state index in [9.17, 15) is 0 Å². The van der Waals surface area contributed by atoms with E-state index in [0.717, 1.165) is 18.8 Å².